The predicted octanol–water partition coefficient (Wildman–Crippen LogP) is 1.15. The molecule has 1 aromatic carbocycles. The molecular weight excluding hydrogens is 324 g/mol. The van der Waals surface area contributed by atoms with Gasteiger partial charge in [0.2, 0.25) is 6.79 Å². The van der Waals surface area contributed by atoms with Crippen LogP contribution in [0.3, 0.4) is 0 Å². The monoisotopic (exact) mass is 348 g/mol. The summed E-state index contributed by atoms with van der Waals surface area (Å²) in [7, 11) is 0. The average molecular weight is 348 g/mol. The Labute approximate surface area is 146 Å². The van der Waals surface area contributed by atoms with Gasteiger partial charge in [0.1, 0.15) is 0 Å². The smallest absolute Gasteiger partial charge is 0.303 e. The second kappa shape index (κ2) is 6.72. The van der Waals surface area contributed by atoms with Gasteiger partial charge in [0.05, 0.1) is 12.5 Å². The van der Waals surface area contributed by atoms with Crippen LogP contribution in [0.15, 0.2) is 18.2 Å². The molecule has 3 heterocycles. The molecule has 136 valence electrons. The Morgan fingerprint density at radius 1 is 1.16 bits per heavy atom. The van der Waals surface area contributed by atoms with Gasteiger partial charge in [-0.05, 0) is 25.0 Å². The van der Waals surface area contributed by atoms with E-state index < -0.39 is 12.1 Å². The van der Waals surface area contributed by atoms with Crippen LogP contribution in [0.1, 0.15) is 19.3 Å². The highest BCUT2D eigenvalue weighted by Gasteiger charge is 2.37. The maximum atomic E-state index is 10.9. The van der Waals surface area contributed by atoms with Crippen molar-refractivity contribution >= 4 is 11.7 Å². The third-order valence-corrected chi connectivity index (χ3v) is 5.57. The summed E-state index contributed by atoms with van der Waals surface area (Å²) in [6.45, 7) is 3.45. The maximum Gasteiger partial charge on any atom is 0.303 e. The SMILES string of the molecule is O=C(O)C[C@@H]1CN(C2CCN(c3ccc4c(c3)OCO4)CC2)C[C@H]1O. The minimum atomic E-state index is -0.830. The number of fused-ring (bicyclic) bond motifs is 1. The molecular formula is C18H24N2O5. The highest BCUT2D eigenvalue weighted by Crippen LogP contribution is 2.36. The van der Waals surface area contributed by atoms with Crippen molar-refractivity contribution in [3.63, 3.8) is 0 Å². The molecule has 0 saturated carbocycles. The normalized spacial score (nSPS) is 27.0. The molecule has 0 amide bonds. The summed E-state index contributed by atoms with van der Waals surface area (Å²) in [6.07, 6.45) is 1.55. The van der Waals surface area contributed by atoms with Gasteiger partial charge >= 0.3 is 5.97 Å². The van der Waals surface area contributed by atoms with Gasteiger partial charge in [0, 0.05) is 49.9 Å². The van der Waals surface area contributed by atoms with E-state index in [0.717, 1.165) is 43.1 Å². The van der Waals surface area contributed by atoms with Crippen LogP contribution < -0.4 is 14.4 Å². The molecule has 7 heteroatoms. The number of carboxylic acids is 1. The molecule has 7 nitrogen and oxygen atoms in total. The lowest BCUT2D eigenvalue weighted by molar-refractivity contribution is -0.138. The van der Waals surface area contributed by atoms with Crippen molar-refractivity contribution in [2.45, 2.75) is 31.4 Å². The number of anilines is 1. The summed E-state index contributed by atoms with van der Waals surface area (Å²) in [4.78, 5) is 15.5. The van der Waals surface area contributed by atoms with E-state index in [0.29, 0.717) is 19.1 Å². The Bertz CT molecular complexity index is 644. The Morgan fingerprint density at radius 3 is 2.68 bits per heavy atom. The van der Waals surface area contributed by atoms with E-state index in [1.807, 2.05) is 12.1 Å². The molecule has 3 aliphatic heterocycles. The minimum absolute atomic E-state index is 0.0493. The molecule has 0 aliphatic carbocycles. The molecule has 0 spiro atoms. The first-order valence-corrected chi connectivity index (χ1v) is 8.88. The zero-order chi connectivity index (χ0) is 17.4. The van der Waals surface area contributed by atoms with Crippen LogP contribution in [-0.4, -0.2) is 66.2 Å². The number of ether oxygens (including phenoxy) is 2. The molecule has 1 aromatic rings. The van der Waals surface area contributed by atoms with Crippen LogP contribution >= 0.6 is 0 Å². The van der Waals surface area contributed by atoms with Crippen molar-refractivity contribution in [1.29, 1.82) is 0 Å². The number of hydrogen-bond donors (Lipinski definition) is 2. The number of carboxylic acid groups (broad SMARTS) is 1. The van der Waals surface area contributed by atoms with Gasteiger partial charge in [0.25, 0.3) is 0 Å². The first-order valence-electron chi connectivity index (χ1n) is 8.88. The Kier molecular flexibility index (Phi) is 4.43. The van der Waals surface area contributed by atoms with Gasteiger partial charge in [-0.15, -0.1) is 0 Å². The van der Waals surface area contributed by atoms with Crippen molar-refractivity contribution in [3.05, 3.63) is 18.2 Å². The third-order valence-electron chi connectivity index (χ3n) is 5.57. The van der Waals surface area contributed by atoms with Crippen LogP contribution in [0, 0.1) is 5.92 Å². The van der Waals surface area contributed by atoms with E-state index in [9.17, 15) is 9.90 Å². The molecule has 0 aromatic heterocycles. The highest BCUT2D eigenvalue weighted by atomic mass is 16.7. The fraction of sp³-hybridized carbons (Fsp3) is 0.611. The lowest BCUT2D eigenvalue weighted by Crippen LogP contribution is -2.44. The van der Waals surface area contributed by atoms with E-state index >= 15 is 0 Å². The van der Waals surface area contributed by atoms with Crippen LogP contribution in [0.4, 0.5) is 5.69 Å². The Morgan fingerprint density at radius 2 is 1.92 bits per heavy atom. The number of aliphatic carboxylic acids is 1. The first kappa shape index (κ1) is 16.5. The molecule has 0 bridgehead atoms. The number of aliphatic hydroxyl groups excluding tert-OH is 1. The van der Waals surface area contributed by atoms with Gasteiger partial charge in [-0.2, -0.15) is 0 Å². The molecule has 2 atom stereocenters. The number of β-amino-alcohol motifs (C(OH)–C–C–N with tert-alkyl or cyclic N) is 1. The number of piperidine rings is 1. The van der Waals surface area contributed by atoms with E-state index in [4.69, 9.17) is 14.6 Å². The number of benzene rings is 1. The third kappa shape index (κ3) is 3.39. The van der Waals surface area contributed by atoms with Gasteiger partial charge in [-0.1, -0.05) is 0 Å². The standard InChI is InChI=1S/C18H24N2O5/c21-15-10-20(9-12(15)7-18(22)23)13-3-5-19(6-4-13)14-1-2-16-17(8-14)25-11-24-16/h1-2,8,12-13,15,21H,3-7,9-11H2,(H,22,23)/t12-,15-/m1/s1. The average Bonchev–Trinajstić information content (AvgIpc) is 3.21. The van der Waals surface area contributed by atoms with Gasteiger partial charge < -0.3 is 24.6 Å². The van der Waals surface area contributed by atoms with Crippen molar-refractivity contribution in [2.24, 2.45) is 5.92 Å². The second-order valence-corrected chi connectivity index (χ2v) is 7.13. The molecule has 2 N–H and O–H groups in total. The maximum absolute atomic E-state index is 10.9. The van der Waals surface area contributed by atoms with Crippen LogP contribution in [0.5, 0.6) is 11.5 Å². The van der Waals surface area contributed by atoms with Crippen LogP contribution in [0.2, 0.25) is 0 Å². The lowest BCUT2D eigenvalue weighted by Gasteiger charge is -2.38. The fourth-order valence-electron chi connectivity index (χ4n) is 4.18. The number of nitrogens with zero attached hydrogens (tertiary/aromatic N) is 2. The number of aliphatic hydroxyl groups is 1. The minimum Gasteiger partial charge on any atom is -0.481 e. The molecule has 2 saturated heterocycles. The van der Waals surface area contributed by atoms with Crippen molar-refractivity contribution in [2.75, 3.05) is 37.9 Å². The van der Waals surface area contributed by atoms with Crippen molar-refractivity contribution in [1.82, 2.24) is 4.90 Å². The van der Waals surface area contributed by atoms with Gasteiger partial charge in [-0.25, -0.2) is 0 Å². The van der Waals surface area contributed by atoms with Crippen LogP contribution in [-0.2, 0) is 4.79 Å². The second-order valence-electron chi connectivity index (χ2n) is 7.13. The zero-order valence-electron chi connectivity index (χ0n) is 14.1. The summed E-state index contributed by atoms with van der Waals surface area (Å²) >= 11 is 0. The van der Waals surface area contributed by atoms with Gasteiger partial charge in [-0.3, -0.25) is 9.69 Å². The first-order chi connectivity index (χ1) is 12.1. The van der Waals surface area contributed by atoms with Crippen molar-refractivity contribution < 1.29 is 24.5 Å². The topological polar surface area (TPSA) is 82.5 Å². The lowest BCUT2D eigenvalue weighted by atomic mass is 10.0. The summed E-state index contributed by atoms with van der Waals surface area (Å²) in [5.41, 5.74) is 1.15. The summed E-state index contributed by atoms with van der Waals surface area (Å²) < 4.78 is 10.8. The number of likely N-dealkylation sites (tertiary alicyclic amines) is 1. The molecule has 3 aliphatic rings. The predicted molar refractivity (Wildman–Crippen MR) is 91.1 cm³/mol. The molecule has 25 heavy (non-hydrogen) atoms. The van der Waals surface area contributed by atoms with Crippen molar-refractivity contribution in [3.8, 4) is 11.5 Å². The van der Waals surface area contributed by atoms with Gasteiger partial charge in [0.15, 0.2) is 11.5 Å². The molecule has 0 radical (unpaired) electrons. The van der Waals surface area contributed by atoms with E-state index in [-0.39, 0.29) is 19.1 Å². The largest absolute Gasteiger partial charge is 0.481 e. The van der Waals surface area contributed by atoms with E-state index in [2.05, 4.69) is 15.9 Å². The summed E-state index contributed by atoms with van der Waals surface area (Å²) in [6, 6.07) is 6.47. The highest BCUT2D eigenvalue weighted by molar-refractivity contribution is 5.67. The van der Waals surface area contributed by atoms with Crippen LogP contribution in [0.25, 0.3) is 0 Å². The fourth-order valence-corrected chi connectivity index (χ4v) is 4.18. The zero-order valence-corrected chi connectivity index (χ0v) is 14.1. The number of rotatable bonds is 4. The Hall–Kier alpha value is -1.99. The number of carbonyl (C=O) groups is 1. The molecule has 2 fully saturated rings. The summed E-state index contributed by atoms with van der Waals surface area (Å²) in [5.74, 6) is 0.626. The number of hydrogen-bond acceptors (Lipinski definition) is 6. The molecule has 4 rings (SSSR count). The summed E-state index contributed by atoms with van der Waals surface area (Å²) in [5, 5.41) is 19.1. The van der Waals surface area contributed by atoms with E-state index in [1.54, 1.807) is 0 Å². The van der Waals surface area contributed by atoms with E-state index in [1.165, 1.54) is 0 Å². The quantitative estimate of drug-likeness (QED) is 0.845. The Balaban J connectivity index is 1.33. The molecule has 0 unspecified atom stereocenters.